The average Bonchev–Trinajstić information content (AvgIpc) is 2.89. The number of rotatable bonds is 5. The van der Waals surface area contributed by atoms with Crippen LogP contribution < -0.4 is 16.6 Å². The second-order valence-electron chi connectivity index (χ2n) is 8.13. The molecule has 3 N–H and O–H groups in total. The van der Waals surface area contributed by atoms with Crippen LogP contribution in [0.25, 0.3) is 27.7 Å². The molecular weight excluding hydrogens is 454 g/mol. The summed E-state index contributed by atoms with van der Waals surface area (Å²) in [5, 5.41) is 13.1. The van der Waals surface area contributed by atoms with Gasteiger partial charge >= 0.3 is 0 Å². The lowest BCUT2D eigenvalue weighted by atomic mass is 10.0. The summed E-state index contributed by atoms with van der Waals surface area (Å²) in [7, 11) is 0. The highest BCUT2D eigenvalue weighted by molar-refractivity contribution is 5.94. The van der Waals surface area contributed by atoms with Gasteiger partial charge in [-0.1, -0.05) is 30.3 Å². The van der Waals surface area contributed by atoms with Crippen molar-refractivity contribution in [2.24, 2.45) is 0 Å². The van der Waals surface area contributed by atoms with Crippen LogP contribution in [0.2, 0.25) is 0 Å². The highest BCUT2D eigenvalue weighted by Gasteiger charge is 2.21. The standard InChI is InChI=1S/C26H21N9O/c1-15(32-23-17(11-27)12-31-26(28)34-23)24-33-21-10-6-9-20(18-13-29-16(2)30-14-18)22(21)25(36)35(24)19-7-4-3-5-8-19/h3-10,12-15H,1-2H3,(H3,28,31,32,34). The molecule has 0 amide bonds. The number of para-hydroxylation sites is 1. The number of benzene rings is 2. The highest BCUT2D eigenvalue weighted by Crippen LogP contribution is 2.28. The maximum absolute atomic E-state index is 14.1. The Bertz CT molecular complexity index is 1670. The maximum Gasteiger partial charge on any atom is 0.266 e. The molecular formula is C26H21N9O. The van der Waals surface area contributed by atoms with Crippen molar-refractivity contribution in [3.8, 4) is 22.9 Å². The number of hydrogen-bond acceptors (Lipinski definition) is 9. The topological polar surface area (TPSA) is 148 Å². The minimum absolute atomic E-state index is 0.0283. The Hall–Kier alpha value is -5.17. The Morgan fingerprint density at radius 1 is 1.00 bits per heavy atom. The smallest absolute Gasteiger partial charge is 0.266 e. The molecule has 0 aliphatic heterocycles. The van der Waals surface area contributed by atoms with E-state index in [1.54, 1.807) is 30.0 Å². The van der Waals surface area contributed by atoms with Gasteiger partial charge in [0.25, 0.3) is 5.56 Å². The molecule has 0 aliphatic rings. The van der Waals surface area contributed by atoms with E-state index in [0.29, 0.717) is 33.8 Å². The normalized spacial score (nSPS) is 11.7. The van der Waals surface area contributed by atoms with E-state index >= 15 is 0 Å². The second kappa shape index (κ2) is 9.23. The number of nitrogens with two attached hydrogens (primary N) is 1. The molecule has 5 rings (SSSR count). The van der Waals surface area contributed by atoms with Crippen LogP contribution in [-0.4, -0.2) is 29.5 Å². The molecule has 176 valence electrons. The summed E-state index contributed by atoms with van der Waals surface area (Å²) >= 11 is 0. The summed E-state index contributed by atoms with van der Waals surface area (Å²) in [4.78, 5) is 35.6. The van der Waals surface area contributed by atoms with Crippen LogP contribution in [0.15, 0.2) is 71.9 Å². The van der Waals surface area contributed by atoms with E-state index in [9.17, 15) is 10.1 Å². The predicted molar refractivity (Wildman–Crippen MR) is 136 cm³/mol. The Balaban J connectivity index is 1.74. The van der Waals surface area contributed by atoms with Gasteiger partial charge in [-0.25, -0.2) is 19.9 Å². The summed E-state index contributed by atoms with van der Waals surface area (Å²) in [6, 6.07) is 16.3. The van der Waals surface area contributed by atoms with Crippen molar-refractivity contribution in [2.45, 2.75) is 19.9 Å². The van der Waals surface area contributed by atoms with Gasteiger partial charge < -0.3 is 11.1 Å². The van der Waals surface area contributed by atoms with Crippen LogP contribution in [-0.2, 0) is 0 Å². The minimum Gasteiger partial charge on any atom is -0.368 e. The molecule has 0 radical (unpaired) electrons. The van der Waals surface area contributed by atoms with E-state index in [1.807, 2.05) is 49.4 Å². The van der Waals surface area contributed by atoms with Gasteiger partial charge in [0.05, 0.1) is 28.8 Å². The summed E-state index contributed by atoms with van der Waals surface area (Å²) in [6.45, 7) is 3.64. The molecule has 5 aromatic rings. The Morgan fingerprint density at radius 3 is 2.47 bits per heavy atom. The first kappa shape index (κ1) is 22.6. The summed E-state index contributed by atoms with van der Waals surface area (Å²) < 4.78 is 1.56. The van der Waals surface area contributed by atoms with E-state index in [4.69, 9.17) is 10.7 Å². The van der Waals surface area contributed by atoms with Gasteiger partial charge in [-0.05, 0) is 37.6 Å². The van der Waals surface area contributed by atoms with Gasteiger partial charge in [0.15, 0.2) is 0 Å². The van der Waals surface area contributed by atoms with Crippen LogP contribution in [0.5, 0.6) is 0 Å². The van der Waals surface area contributed by atoms with Crippen molar-refractivity contribution in [3.05, 3.63) is 94.7 Å². The fourth-order valence-electron chi connectivity index (χ4n) is 3.99. The lowest BCUT2D eigenvalue weighted by Gasteiger charge is -2.21. The van der Waals surface area contributed by atoms with Crippen LogP contribution in [0.3, 0.4) is 0 Å². The molecule has 1 atom stereocenters. The lowest BCUT2D eigenvalue weighted by Crippen LogP contribution is -2.28. The Kier molecular flexibility index (Phi) is 5.80. The minimum atomic E-state index is -0.518. The quantitative estimate of drug-likeness (QED) is 0.389. The molecule has 36 heavy (non-hydrogen) atoms. The van der Waals surface area contributed by atoms with Gasteiger partial charge in [-0.3, -0.25) is 9.36 Å². The SMILES string of the molecule is Cc1ncc(-c2cccc3nc(C(C)Nc4nc(N)ncc4C#N)n(-c4ccccc4)c(=O)c23)cn1. The molecule has 3 aromatic heterocycles. The number of fused-ring (bicyclic) bond motifs is 1. The summed E-state index contributed by atoms with van der Waals surface area (Å²) in [5.41, 5.74) is 8.32. The molecule has 3 heterocycles. The van der Waals surface area contributed by atoms with Gasteiger partial charge in [0, 0.05) is 18.0 Å². The fraction of sp³-hybridized carbons (Fsp3) is 0.115. The van der Waals surface area contributed by atoms with Crippen LogP contribution >= 0.6 is 0 Å². The van der Waals surface area contributed by atoms with Crippen LogP contribution in [0.1, 0.15) is 30.2 Å². The third kappa shape index (κ3) is 4.10. The van der Waals surface area contributed by atoms with Gasteiger partial charge in [0.1, 0.15) is 29.1 Å². The zero-order valence-corrected chi connectivity index (χ0v) is 19.5. The molecule has 0 saturated carbocycles. The van der Waals surface area contributed by atoms with E-state index in [1.165, 1.54) is 6.20 Å². The number of aryl methyl sites for hydroxylation is 1. The number of hydrogen-bond donors (Lipinski definition) is 2. The maximum atomic E-state index is 14.1. The van der Waals surface area contributed by atoms with E-state index < -0.39 is 6.04 Å². The molecule has 0 fully saturated rings. The Morgan fingerprint density at radius 2 is 1.75 bits per heavy atom. The zero-order chi connectivity index (χ0) is 25.2. The molecule has 1 unspecified atom stereocenters. The third-order valence-corrected chi connectivity index (χ3v) is 5.70. The van der Waals surface area contributed by atoms with Gasteiger partial charge in [0.2, 0.25) is 5.95 Å². The monoisotopic (exact) mass is 475 g/mol. The molecule has 10 heteroatoms. The number of aromatic nitrogens is 6. The molecule has 0 bridgehead atoms. The van der Waals surface area contributed by atoms with Crippen molar-refractivity contribution in [1.29, 1.82) is 5.26 Å². The first-order chi connectivity index (χ1) is 17.5. The number of nitrogens with zero attached hydrogens (tertiary/aromatic N) is 7. The van der Waals surface area contributed by atoms with E-state index in [-0.39, 0.29) is 22.9 Å². The highest BCUT2D eigenvalue weighted by atomic mass is 16.1. The molecule has 0 saturated heterocycles. The summed E-state index contributed by atoms with van der Waals surface area (Å²) in [6.07, 6.45) is 4.75. The fourth-order valence-corrected chi connectivity index (χ4v) is 3.99. The van der Waals surface area contributed by atoms with Gasteiger partial charge in [-0.2, -0.15) is 10.2 Å². The van der Waals surface area contributed by atoms with Crippen molar-refractivity contribution < 1.29 is 0 Å². The third-order valence-electron chi connectivity index (χ3n) is 5.70. The predicted octanol–water partition coefficient (Wildman–Crippen LogP) is 3.57. The van der Waals surface area contributed by atoms with Gasteiger partial charge in [-0.15, -0.1) is 0 Å². The Labute approximate surface area is 206 Å². The van der Waals surface area contributed by atoms with Crippen LogP contribution in [0.4, 0.5) is 11.8 Å². The lowest BCUT2D eigenvalue weighted by molar-refractivity contribution is 0.730. The molecule has 10 nitrogen and oxygen atoms in total. The van der Waals surface area contributed by atoms with Crippen molar-refractivity contribution in [3.63, 3.8) is 0 Å². The zero-order valence-electron chi connectivity index (χ0n) is 19.5. The number of nitriles is 1. The summed E-state index contributed by atoms with van der Waals surface area (Å²) in [5.74, 6) is 1.37. The molecule has 0 aliphatic carbocycles. The van der Waals surface area contributed by atoms with Crippen molar-refractivity contribution in [1.82, 2.24) is 29.5 Å². The number of nitrogen functional groups attached to an aromatic ring is 1. The van der Waals surface area contributed by atoms with Crippen molar-refractivity contribution in [2.75, 3.05) is 11.1 Å². The van der Waals surface area contributed by atoms with E-state index in [0.717, 1.165) is 5.56 Å². The first-order valence-corrected chi connectivity index (χ1v) is 11.2. The number of anilines is 2. The van der Waals surface area contributed by atoms with Crippen LogP contribution in [0, 0.1) is 18.3 Å². The average molecular weight is 476 g/mol. The largest absolute Gasteiger partial charge is 0.368 e. The number of nitrogens with one attached hydrogen (secondary N) is 1. The molecule has 0 spiro atoms. The second-order valence-corrected chi connectivity index (χ2v) is 8.13. The molecule has 2 aromatic carbocycles. The first-order valence-electron chi connectivity index (χ1n) is 11.2. The van der Waals surface area contributed by atoms with E-state index in [2.05, 4.69) is 31.3 Å². The van der Waals surface area contributed by atoms with Crippen molar-refractivity contribution >= 4 is 22.7 Å².